The van der Waals surface area contributed by atoms with Gasteiger partial charge in [0.15, 0.2) is 5.76 Å². The Morgan fingerprint density at radius 3 is 2.47 bits per heavy atom. The highest BCUT2D eigenvalue weighted by Crippen LogP contribution is 2.11. The smallest absolute Gasteiger partial charge is 0.289 e. The lowest BCUT2D eigenvalue weighted by atomic mass is 10.1. The minimum absolute atomic E-state index is 0.0626. The van der Waals surface area contributed by atoms with E-state index in [4.69, 9.17) is 10.2 Å². The summed E-state index contributed by atoms with van der Waals surface area (Å²) in [5.41, 5.74) is 5.49. The molecule has 1 saturated heterocycles. The van der Waals surface area contributed by atoms with E-state index in [0.717, 1.165) is 0 Å². The van der Waals surface area contributed by atoms with Crippen LogP contribution in [0.2, 0.25) is 0 Å². The fourth-order valence-electron chi connectivity index (χ4n) is 2.10. The number of carbonyl (C=O) groups is 2. The predicted molar refractivity (Wildman–Crippen MR) is 69.4 cm³/mol. The minimum Gasteiger partial charge on any atom is -0.459 e. The van der Waals surface area contributed by atoms with Crippen LogP contribution in [0.5, 0.6) is 0 Å². The second-order valence-corrected chi connectivity index (χ2v) is 4.73. The summed E-state index contributed by atoms with van der Waals surface area (Å²) in [5, 5.41) is 0. The Morgan fingerprint density at radius 1 is 1.32 bits per heavy atom. The van der Waals surface area contributed by atoms with Crippen molar-refractivity contribution in [3.63, 3.8) is 0 Å². The molecule has 0 aromatic carbocycles. The fourth-order valence-corrected chi connectivity index (χ4v) is 2.10. The van der Waals surface area contributed by atoms with Gasteiger partial charge < -0.3 is 20.0 Å². The Labute approximate surface area is 112 Å². The molecule has 1 aromatic rings. The lowest BCUT2D eigenvalue weighted by Crippen LogP contribution is -2.52. The van der Waals surface area contributed by atoms with Gasteiger partial charge in [-0.15, -0.1) is 0 Å². The van der Waals surface area contributed by atoms with Crippen LogP contribution < -0.4 is 5.73 Å². The van der Waals surface area contributed by atoms with E-state index >= 15 is 0 Å². The van der Waals surface area contributed by atoms with Gasteiger partial charge in [-0.2, -0.15) is 0 Å². The van der Waals surface area contributed by atoms with Crippen molar-refractivity contribution in [3.05, 3.63) is 24.2 Å². The van der Waals surface area contributed by atoms with Crippen molar-refractivity contribution >= 4 is 11.8 Å². The Bertz CT molecular complexity index is 436. The first kappa shape index (κ1) is 13.6. The molecular weight excluding hydrogens is 246 g/mol. The van der Waals surface area contributed by atoms with E-state index in [1.807, 2.05) is 6.92 Å². The molecule has 1 fully saturated rings. The number of hydrogen-bond donors (Lipinski definition) is 1. The molecule has 0 aliphatic carbocycles. The Hall–Kier alpha value is -1.82. The van der Waals surface area contributed by atoms with E-state index in [1.54, 1.807) is 21.9 Å². The third-order valence-corrected chi connectivity index (χ3v) is 3.39. The van der Waals surface area contributed by atoms with Crippen molar-refractivity contribution in [1.82, 2.24) is 9.80 Å². The van der Waals surface area contributed by atoms with E-state index in [-0.39, 0.29) is 17.7 Å². The topological polar surface area (TPSA) is 79.8 Å². The highest BCUT2D eigenvalue weighted by molar-refractivity contribution is 5.91. The van der Waals surface area contributed by atoms with Crippen LogP contribution in [0.1, 0.15) is 17.5 Å². The molecule has 0 saturated carbocycles. The van der Waals surface area contributed by atoms with Crippen LogP contribution in [-0.4, -0.2) is 54.3 Å². The summed E-state index contributed by atoms with van der Waals surface area (Å²) in [6, 6.07) is 3.34. The summed E-state index contributed by atoms with van der Waals surface area (Å²) in [7, 11) is 0. The van der Waals surface area contributed by atoms with Gasteiger partial charge in [0.05, 0.1) is 6.26 Å². The first-order valence-corrected chi connectivity index (χ1v) is 6.45. The molecule has 1 unspecified atom stereocenters. The zero-order chi connectivity index (χ0) is 13.8. The van der Waals surface area contributed by atoms with Crippen molar-refractivity contribution in [1.29, 1.82) is 0 Å². The quantitative estimate of drug-likeness (QED) is 0.844. The number of nitrogens with two attached hydrogens (primary N) is 1. The van der Waals surface area contributed by atoms with Crippen LogP contribution in [0.4, 0.5) is 0 Å². The highest BCUT2D eigenvalue weighted by Gasteiger charge is 2.27. The van der Waals surface area contributed by atoms with E-state index in [0.29, 0.717) is 38.5 Å². The molecule has 104 valence electrons. The number of carbonyl (C=O) groups excluding carboxylic acids is 2. The second-order valence-electron chi connectivity index (χ2n) is 4.73. The number of amides is 2. The van der Waals surface area contributed by atoms with Gasteiger partial charge in [-0.05, 0) is 12.1 Å². The molecule has 0 bridgehead atoms. The number of nitrogens with zero attached hydrogens (tertiary/aromatic N) is 2. The van der Waals surface area contributed by atoms with Gasteiger partial charge in [0.2, 0.25) is 5.91 Å². The number of rotatable bonds is 3. The Kier molecular flexibility index (Phi) is 4.21. The molecule has 2 N–H and O–H groups in total. The van der Waals surface area contributed by atoms with Gasteiger partial charge in [0.1, 0.15) is 0 Å². The number of furan rings is 1. The van der Waals surface area contributed by atoms with Crippen LogP contribution >= 0.6 is 0 Å². The van der Waals surface area contributed by atoms with Gasteiger partial charge >= 0.3 is 0 Å². The number of hydrogen-bond acceptors (Lipinski definition) is 4. The minimum atomic E-state index is -0.160. The molecule has 6 heteroatoms. The zero-order valence-corrected chi connectivity index (χ0v) is 11.0. The summed E-state index contributed by atoms with van der Waals surface area (Å²) in [6.07, 6.45) is 1.48. The molecule has 1 aliphatic rings. The fraction of sp³-hybridized carbons (Fsp3) is 0.538. The molecule has 1 atom stereocenters. The molecule has 6 nitrogen and oxygen atoms in total. The monoisotopic (exact) mass is 265 g/mol. The summed E-state index contributed by atoms with van der Waals surface area (Å²) < 4.78 is 5.09. The van der Waals surface area contributed by atoms with Crippen molar-refractivity contribution in [3.8, 4) is 0 Å². The Balaban J connectivity index is 1.89. The van der Waals surface area contributed by atoms with Crippen LogP contribution in [0.25, 0.3) is 0 Å². The SMILES string of the molecule is CC(CN)C(=O)N1CCN(C(=O)c2ccco2)CC1. The van der Waals surface area contributed by atoms with Crippen molar-refractivity contribution < 1.29 is 14.0 Å². The summed E-state index contributed by atoms with van der Waals surface area (Å²) >= 11 is 0. The number of piperazine rings is 1. The molecule has 1 aliphatic heterocycles. The van der Waals surface area contributed by atoms with Gasteiger partial charge in [0, 0.05) is 38.6 Å². The van der Waals surface area contributed by atoms with Crippen LogP contribution in [0, 0.1) is 5.92 Å². The zero-order valence-electron chi connectivity index (χ0n) is 11.0. The van der Waals surface area contributed by atoms with Crippen molar-refractivity contribution in [2.24, 2.45) is 11.7 Å². The maximum absolute atomic E-state index is 12.0. The van der Waals surface area contributed by atoms with Crippen LogP contribution in [-0.2, 0) is 4.79 Å². The molecule has 0 spiro atoms. The van der Waals surface area contributed by atoms with Gasteiger partial charge in [-0.1, -0.05) is 6.92 Å². The molecule has 1 aromatic heterocycles. The molecule has 2 heterocycles. The largest absolute Gasteiger partial charge is 0.459 e. The first-order valence-electron chi connectivity index (χ1n) is 6.45. The molecule has 2 amide bonds. The highest BCUT2D eigenvalue weighted by atomic mass is 16.3. The molecule has 0 radical (unpaired) electrons. The lowest BCUT2D eigenvalue weighted by molar-refractivity contribution is -0.136. The normalized spacial score (nSPS) is 17.4. The van der Waals surface area contributed by atoms with Crippen molar-refractivity contribution in [2.75, 3.05) is 32.7 Å². The third-order valence-electron chi connectivity index (χ3n) is 3.39. The molecule has 19 heavy (non-hydrogen) atoms. The van der Waals surface area contributed by atoms with Crippen LogP contribution in [0.15, 0.2) is 22.8 Å². The summed E-state index contributed by atoms with van der Waals surface area (Å²) in [4.78, 5) is 27.5. The predicted octanol–water partition coefficient (Wildman–Crippen LogP) is 0.159. The Morgan fingerprint density at radius 2 is 1.95 bits per heavy atom. The van der Waals surface area contributed by atoms with Crippen LogP contribution in [0.3, 0.4) is 0 Å². The van der Waals surface area contributed by atoms with Gasteiger partial charge in [0.25, 0.3) is 5.91 Å². The van der Waals surface area contributed by atoms with E-state index < -0.39 is 0 Å². The standard InChI is InChI=1S/C13H19N3O3/c1-10(9-14)12(17)15-4-6-16(7-5-15)13(18)11-3-2-8-19-11/h2-3,8,10H,4-7,9,14H2,1H3. The lowest BCUT2D eigenvalue weighted by Gasteiger charge is -2.35. The maximum atomic E-state index is 12.0. The van der Waals surface area contributed by atoms with Gasteiger partial charge in [-0.3, -0.25) is 9.59 Å². The summed E-state index contributed by atoms with van der Waals surface area (Å²) in [5.74, 6) is 0.124. The van der Waals surface area contributed by atoms with E-state index in [9.17, 15) is 9.59 Å². The molecular formula is C13H19N3O3. The van der Waals surface area contributed by atoms with E-state index in [2.05, 4.69) is 0 Å². The first-order chi connectivity index (χ1) is 9.13. The second kappa shape index (κ2) is 5.88. The van der Waals surface area contributed by atoms with Crippen molar-refractivity contribution in [2.45, 2.75) is 6.92 Å². The van der Waals surface area contributed by atoms with E-state index in [1.165, 1.54) is 6.26 Å². The third kappa shape index (κ3) is 2.96. The average molecular weight is 265 g/mol. The summed E-state index contributed by atoms with van der Waals surface area (Å²) in [6.45, 7) is 4.34. The average Bonchev–Trinajstić information content (AvgIpc) is 2.99. The maximum Gasteiger partial charge on any atom is 0.289 e. The van der Waals surface area contributed by atoms with Gasteiger partial charge in [-0.25, -0.2) is 0 Å². The molecule has 2 rings (SSSR count).